The van der Waals surface area contributed by atoms with Gasteiger partial charge >= 0.3 is 6.09 Å². The first-order valence-corrected chi connectivity index (χ1v) is 5.65. The van der Waals surface area contributed by atoms with Crippen LogP contribution in [0.1, 0.15) is 46.5 Å². The van der Waals surface area contributed by atoms with Crippen LogP contribution in [0.25, 0.3) is 0 Å². The minimum atomic E-state index is -0.876. The summed E-state index contributed by atoms with van der Waals surface area (Å²) in [5.41, 5.74) is -0.664. The lowest BCUT2D eigenvalue weighted by molar-refractivity contribution is -0.0421. The van der Waals surface area contributed by atoms with E-state index in [4.69, 9.17) is 9.84 Å². The van der Waals surface area contributed by atoms with Crippen molar-refractivity contribution in [3.63, 3.8) is 0 Å². The molecule has 0 saturated carbocycles. The number of amides is 1. The van der Waals surface area contributed by atoms with E-state index in [1.165, 1.54) is 4.90 Å². The van der Waals surface area contributed by atoms with Gasteiger partial charge in [-0.1, -0.05) is 26.2 Å². The molecule has 1 atom stereocenters. The first kappa shape index (κ1) is 12.3. The smallest absolute Gasteiger partial charge is 0.409 e. The third-order valence-corrected chi connectivity index (χ3v) is 2.92. The van der Waals surface area contributed by atoms with Crippen molar-refractivity contribution >= 4 is 6.09 Å². The molecule has 1 aliphatic heterocycles. The molecule has 15 heavy (non-hydrogen) atoms. The topological polar surface area (TPSA) is 49.8 Å². The summed E-state index contributed by atoms with van der Waals surface area (Å²) < 4.78 is 5.50. The summed E-state index contributed by atoms with van der Waals surface area (Å²) in [7, 11) is 0. The SMILES string of the molecule is CCCCC[C@H]1COC(C)(C)N1C(=O)O. The van der Waals surface area contributed by atoms with Gasteiger partial charge in [-0.3, -0.25) is 4.90 Å². The third kappa shape index (κ3) is 2.84. The van der Waals surface area contributed by atoms with Crippen LogP contribution in [0.5, 0.6) is 0 Å². The van der Waals surface area contributed by atoms with E-state index in [-0.39, 0.29) is 6.04 Å². The molecule has 0 radical (unpaired) electrons. The highest BCUT2D eigenvalue weighted by molar-refractivity contribution is 5.66. The predicted molar refractivity (Wildman–Crippen MR) is 57.8 cm³/mol. The molecule has 0 aromatic carbocycles. The molecule has 1 amide bonds. The van der Waals surface area contributed by atoms with E-state index in [9.17, 15) is 4.79 Å². The van der Waals surface area contributed by atoms with E-state index in [0.717, 1.165) is 25.7 Å². The van der Waals surface area contributed by atoms with Gasteiger partial charge < -0.3 is 9.84 Å². The summed E-state index contributed by atoms with van der Waals surface area (Å²) in [5.74, 6) is 0. The molecule has 0 unspecified atom stereocenters. The van der Waals surface area contributed by atoms with Crippen LogP contribution < -0.4 is 0 Å². The summed E-state index contributed by atoms with van der Waals surface area (Å²) in [6.45, 7) is 6.29. The lowest BCUT2D eigenvalue weighted by Gasteiger charge is -2.30. The second kappa shape index (κ2) is 4.84. The Bertz CT molecular complexity index is 228. The Labute approximate surface area is 91.2 Å². The number of carboxylic acid groups (broad SMARTS) is 1. The molecule has 1 fully saturated rings. The summed E-state index contributed by atoms with van der Waals surface area (Å²) in [6, 6.07) is 0.0315. The standard InChI is InChI=1S/C11H21NO3/c1-4-5-6-7-9-8-15-11(2,3)12(9)10(13)14/h9H,4-8H2,1-3H3,(H,13,14)/t9-/m0/s1. The Balaban J connectivity index is 2.54. The number of hydrogen-bond acceptors (Lipinski definition) is 2. The quantitative estimate of drug-likeness (QED) is 0.733. The molecular formula is C11H21NO3. The van der Waals surface area contributed by atoms with Crippen molar-refractivity contribution in [2.75, 3.05) is 6.61 Å². The number of nitrogens with zero attached hydrogens (tertiary/aromatic N) is 1. The summed E-state index contributed by atoms with van der Waals surface area (Å²) in [6.07, 6.45) is 3.42. The van der Waals surface area contributed by atoms with Gasteiger partial charge in [0.25, 0.3) is 0 Å². The van der Waals surface area contributed by atoms with Gasteiger partial charge in [-0.05, 0) is 20.3 Å². The molecule has 4 nitrogen and oxygen atoms in total. The van der Waals surface area contributed by atoms with Crippen LogP contribution in [-0.4, -0.2) is 34.5 Å². The zero-order valence-corrected chi connectivity index (χ0v) is 9.82. The lowest BCUT2D eigenvalue weighted by Crippen LogP contribution is -2.47. The van der Waals surface area contributed by atoms with Crippen LogP contribution in [0.3, 0.4) is 0 Å². The van der Waals surface area contributed by atoms with Gasteiger partial charge in [0.15, 0.2) is 0 Å². The average Bonchev–Trinajstić information content (AvgIpc) is 2.42. The summed E-state index contributed by atoms with van der Waals surface area (Å²) in [4.78, 5) is 12.6. The van der Waals surface area contributed by atoms with Crippen LogP contribution in [0.4, 0.5) is 4.79 Å². The molecule has 0 spiro atoms. The molecule has 1 aliphatic rings. The molecule has 4 heteroatoms. The Hall–Kier alpha value is -0.770. The Morgan fingerprint density at radius 2 is 2.20 bits per heavy atom. The summed E-state index contributed by atoms with van der Waals surface area (Å²) >= 11 is 0. The zero-order valence-electron chi connectivity index (χ0n) is 9.82. The molecule has 88 valence electrons. The number of ether oxygens (including phenoxy) is 1. The highest BCUT2D eigenvalue weighted by Crippen LogP contribution is 2.29. The predicted octanol–water partition coefficient (Wildman–Crippen LogP) is 2.68. The van der Waals surface area contributed by atoms with E-state index < -0.39 is 11.8 Å². The van der Waals surface area contributed by atoms with Crippen LogP contribution in [-0.2, 0) is 4.74 Å². The zero-order chi connectivity index (χ0) is 11.5. The second-order valence-electron chi connectivity index (χ2n) is 4.56. The van der Waals surface area contributed by atoms with Gasteiger partial charge in [0, 0.05) is 0 Å². The maximum absolute atomic E-state index is 11.1. The highest BCUT2D eigenvalue weighted by Gasteiger charge is 2.43. The van der Waals surface area contributed by atoms with Crippen molar-refractivity contribution in [2.45, 2.75) is 58.2 Å². The minimum absolute atomic E-state index is 0.0315. The van der Waals surface area contributed by atoms with Crippen molar-refractivity contribution < 1.29 is 14.6 Å². The minimum Gasteiger partial charge on any atom is -0.465 e. The maximum atomic E-state index is 11.1. The van der Waals surface area contributed by atoms with Gasteiger partial charge in [-0.15, -0.1) is 0 Å². The van der Waals surface area contributed by atoms with E-state index in [0.29, 0.717) is 6.61 Å². The number of carbonyl (C=O) groups is 1. The van der Waals surface area contributed by atoms with Crippen molar-refractivity contribution in [3.8, 4) is 0 Å². The normalized spacial score (nSPS) is 24.5. The molecule has 1 saturated heterocycles. The third-order valence-electron chi connectivity index (χ3n) is 2.92. The van der Waals surface area contributed by atoms with Gasteiger partial charge in [-0.2, -0.15) is 0 Å². The van der Waals surface area contributed by atoms with E-state index in [1.807, 2.05) is 0 Å². The average molecular weight is 215 g/mol. The molecule has 0 aromatic rings. The molecule has 0 aliphatic carbocycles. The fourth-order valence-corrected chi connectivity index (χ4v) is 2.11. The van der Waals surface area contributed by atoms with Crippen molar-refractivity contribution in [2.24, 2.45) is 0 Å². The molecule has 1 rings (SSSR count). The van der Waals surface area contributed by atoms with Crippen molar-refractivity contribution in [1.29, 1.82) is 0 Å². The number of rotatable bonds is 4. The molecule has 1 heterocycles. The van der Waals surface area contributed by atoms with E-state index >= 15 is 0 Å². The monoisotopic (exact) mass is 215 g/mol. The summed E-state index contributed by atoms with van der Waals surface area (Å²) in [5, 5.41) is 9.12. The van der Waals surface area contributed by atoms with Crippen LogP contribution in [0.15, 0.2) is 0 Å². The van der Waals surface area contributed by atoms with Gasteiger partial charge in [0.05, 0.1) is 12.6 Å². The fourth-order valence-electron chi connectivity index (χ4n) is 2.11. The molecule has 0 bridgehead atoms. The largest absolute Gasteiger partial charge is 0.465 e. The molecular weight excluding hydrogens is 194 g/mol. The van der Waals surface area contributed by atoms with Crippen molar-refractivity contribution in [1.82, 2.24) is 4.90 Å². The first-order valence-electron chi connectivity index (χ1n) is 5.65. The number of unbranched alkanes of at least 4 members (excludes halogenated alkanes) is 2. The van der Waals surface area contributed by atoms with Crippen molar-refractivity contribution in [3.05, 3.63) is 0 Å². The van der Waals surface area contributed by atoms with Crippen LogP contribution in [0, 0.1) is 0 Å². The Morgan fingerprint density at radius 3 is 2.73 bits per heavy atom. The Morgan fingerprint density at radius 1 is 1.53 bits per heavy atom. The lowest BCUT2D eigenvalue weighted by atomic mass is 10.1. The number of hydrogen-bond donors (Lipinski definition) is 1. The fraction of sp³-hybridized carbons (Fsp3) is 0.909. The van der Waals surface area contributed by atoms with Crippen LogP contribution in [0.2, 0.25) is 0 Å². The highest BCUT2D eigenvalue weighted by atomic mass is 16.5. The van der Waals surface area contributed by atoms with Gasteiger partial charge in [0.1, 0.15) is 5.72 Å². The van der Waals surface area contributed by atoms with E-state index in [1.54, 1.807) is 13.8 Å². The maximum Gasteiger partial charge on any atom is 0.409 e. The van der Waals surface area contributed by atoms with E-state index in [2.05, 4.69) is 6.92 Å². The first-order chi connectivity index (χ1) is 6.99. The second-order valence-corrected chi connectivity index (χ2v) is 4.56. The molecule has 0 aromatic heterocycles. The Kier molecular flexibility index (Phi) is 3.97. The van der Waals surface area contributed by atoms with Crippen LogP contribution >= 0.6 is 0 Å². The molecule has 1 N–H and O–H groups in total. The van der Waals surface area contributed by atoms with Gasteiger partial charge in [-0.25, -0.2) is 4.79 Å². The van der Waals surface area contributed by atoms with Gasteiger partial charge in [0.2, 0.25) is 0 Å².